The number of carbonyl (C=O) groups is 2. The van der Waals surface area contributed by atoms with Crippen LogP contribution in [0.15, 0.2) is 21.9 Å². The van der Waals surface area contributed by atoms with Gasteiger partial charge < -0.3 is 0 Å². The number of hydrogen-bond donors (Lipinski definition) is 1. The van der Waals surface area contributed by atoms with Crippen LogP contribution in [-0.2, 0) is 9.59 Å². The van der Waals surface area contributed by atoms with E-state index in [1.54, 1.807) is 0 Å². The Bertz CT molecular complexity index is 525. The first-order valence-electron chi connectivity index (χ1n) is 4.27. The molecule has 0 saturated carbocycles. The summed E-state index contributed by atoms with van der Waals surface area (Å²) in [5.41, 5.74) is -1.37. The topological polar surface area (TPSA) is 92.2 Å². The van der Waals surface area contributed by atoms with E-state index in [0.29, 0.717) is 0 Å². The maximum Gasteiger partial charge on any atom is 0.347 e. The summed E-state index contributed by atoms with van der Waals surface area (Å²) in [5.74, 6) is -0.900. The van der Waals surface area contributed by atoms with Crippen LogP contribution in [0.4, 0.5) is 0 Å². The fourth-order valence-corrected chi connectivity index (χ4v) is 1.37. The highest BCUT2D eigenvalue weighted by Crippen LogP contribution is 2.08. The van der Waals surface area contributed by atoms with E-state index in [2.05, 4.69) is 0 Å². The zero-order valence-electron chi connectivity index (χ0n) is 7.60. The van der Waals surface area contributed by atoms with Crippen LogP contribution in [0.1, 0.15) is 12.8 Å². The summed E-state index contributed by atoms with van der Waals surface area (Å²) in [7, 11) is 0. The molecule has 0 unspecified atom stereocenters. The second-order valence-corrected chi connectivity index (χ2v) is 3.05. The van der Waals surface area contributed by atoms with E-state index in [4.69, 9.17) is 0 Å². The molecule has 1 aromatic rings. The van der Waals surface area contributed by atoms with Crippen LogP contribution in [-0.4, -0.2) is 21.5 Å². The van der Waals surface area contributed by atoms with Crippen LogP contribution >= 0.6 is 0 Å². The highest BCUT2D eigenvalue weighted by molar-refractivity contribution is 6.13. The van der Waals surface area contributed by atoms with Gasteiger partial charge in [0, 0.05) is 25.1 Å². The van der Waals surface area contributed by atoms with Gasteiger partial charge in [0.2, 0.25) is 11.8 Å². The van der Waals surface area contributed by atoms with Crippen LogP contribution in [0.3, 0.4) is 0 Å². The van der Waals surface area contributed by atoms with Gasteiger partial charge in [-0.25, -0.2) is 4.79 Å². The Morgan fingerprint density at radius 3 is 2.20 bits per heavy atom. The molecule has 0 aromatic carbocycles. The molecule has 15 heavy (non-hydrogen) atoms. The van der Waals surface area contributed by atoms with Gasteiger partial charge in [-0.15, -0.1) is 0 Å². The first-order valence-corrected chi connectivity index (χ1v) is 4.27. The fourth-order valence-electron chi connectivity index (χ4n) is 1.37. The van der Waals surface area contributed by atoms with E-state index in [1.807, 2.05) is 4.98 Å². The lowest BCUT2D eigenvalue weighted by Gasteiger charge is -2.14. The molecule has 1 aliphatic heterocycles. The fraction of sp³-hybridized carbons (Fsp3) is 0.250. The minimum atomic E-state index is -0.800. The van der Waals surface area contributed by atoms with Crippen molar-refractivity contribution in [3.8, 4) is 0 Å². The normalized spacial score (nSPS) is 16.1. The van der Waals surface area contributed by atoms with Gasteiger partial charge in [0.1, 0.15) is 0 Å². The molecule has 7 heteroatoms. The maximum absolute atomic E-state index is 11.3. The predicted molar refractivity (Wildman–Crippen MR) is 48.8 cm³/mol. The summed E-state index contributed by atoms with van der Waals surface area (Å²) in [4.78, 5) is 46.6. The lowest BCUT2D eigenvalue weighted by molar-refractivity contribution is -0.123. The van der Waals surface area contributed by atoms with Crippen LogP contribution in [0.5, 0.6) is 0 Å². The molecule has 1 aliphatic rings. The molecule has 0 spiro atoms. The van der Waals surface area contributed by atoms with Gasteiger partial charge in [-0.3, -0.25) is 19.4 Å². The van der Waals surface area contributed by atoms with E-state index in [9.17, 15) is 19.2 Å². The molecular formula is C8H7N3O4. The van der Waals surface area contributed by atoms with Crippen LogP contribution < -0.4 is 16.3 Å². The van der Waals surface area contributed by atoms with E-state index in [-0.39, 0.29) is 12.8 Å². The summed E-state index contributed by atoms with van der Waals surface area (Å²) < 4.78 is 0.805. The molecule has 2 rings (SSSR count). The molecule has 1 fully saturated rings. The summed E-state index contributed by atoms with van der Waals surface area (Å²) in [6.07, 6.45) is 1.27. The lowest BCUT2D eigenvalue weighted by atomic mass is 10.4. The number of nitrogens with zero attached hydrogens (tertiary/aromatic N) is 2. The second kappa shape index (κ2) is 3.19. The van der Waals surface area contributed by atoms with Crippen molar-refractivity contribution in [3.05, 3.63) is 33.1 Å². The molecule has 1 N–H and O–H groups in total. The highest BCUT2D eigenvalue weighted by atomic mass is 16.2. The number of hydrogen-bond acceptors (Lipinski definition) is 4. The average molecular weight is 209 g/mol. The van der Waals surface area contributed by atoms with Crippen LogP contribution in [0.25, 0.3) is 0 Å². The Hall–Kier alpha value is -2.18. The van der Waals surface area contributed by atoms with E-state index < -0.39 is 23.1 Å². The third kappa shape index (κ3) is 1.47. The van der Waals surface area contributed by atoms with Gasteiger partial charge in [-0.1, -0.05) is 0 Å². The van der Waals surface area contributed by atoms with Gasteiger partial charge in [0.05, 0.1) is 0 Å². The third-order valence-corrected chi connectivity index (χ3v) is 2.05. The van der Waals surface area contributed by atoms with Crippen molar-refractivity contribution in [2.45, 2.75) is 12.8 Å². The first-order chi connectivity index (χ1) is 7.09. The molecule has 1 aromatic heterocycles. The molecule has 7 nitrogen and oxygen atoms in total. The number of H-pyrrole nitrogens is 1. The Balaban J connectivity index is 2.54. The number of aromatic nitrogens is 2. The van der Waals surface area contributed by atoms with Crippen molar-refractivity contribution < 1.29 is 9.59 Å². The quantitative estimate of drug-likeness (QED) is 0.559. The molecule has 0 bridgehead atoms. The molecule has 78 valence electrons. The first kappa shape index (κ1) is 9.38. The third-order valence-electron chi connectivity index (χ3n) is 2.05. The minimum absolute atomic E-state index is 0.0877. The van der Waals surface area contributed by atoms with Gasteiger partial charge in [0.25, 0.3) is 5.56 Å². The predicted octanol–water partition coefficient (Wildman–Crippen LogP) is -1.68. The van der Waals surface area contributed by atoms with Crippen LogP contribution in [0, 0.1) is 0 Å². The molecule has 2 heterocycles. The zero-order chi connectivity index (χ0) is 11.0. The summed E-state index contributed by atoms with van der Waals surface area (Å²) in [5, 5.41) is 0.734. The number of nitrogens with one attached hydrogen (secondary N) is 1. The van der Waals surface area contributed by atoms with Crippen molar-refractivity contribution in [2.75, 3.05) is 5.01 Å². The number of imide groups is 1. The van der Waals surface area contributed by atoms with Crippen molar-refractivity contribution in [2.24, 2.45) is 0 Å². The Kier molecular flexibility index (Phi) is 2.00. The number of rotatable bonds is 1. The SMILES string of the molecule is O=C1CCC(=O)N1n1ccc(=O)[nH]c1=O. The van der Waals surface area contributed by atoms with E-state index in [0.717, 1.165) is 21.9 Å². The zero-order valence-corrected chi connectivity index (χ0v) is 7.60. The minimum Gasteiger partial charge on any atom is -0.273 e. The van der Waals surface area contributed by atoms with Crippen molar-refractivity contribution >= 4 is 11.8 Å². The van der Waals surface area contributed by atoms with Gasteiger partial charge >= 0.3 is 5.69 Å². The summed E-state index contributed by atoms with van der Waals surface area (Å²) in [6.45, 7) is 0. The summed E-state index contributed by atoms with van der Waals surface area (Å²) >= 11 is 0. The monoisotopic (exact) mass is 209 g/mol. The number of aromatic amines is 1. The average Bonchev–Trinajstić information content (AvgIpc) is 2.48. The lowest BCUT2D eigenvalue weighted by Crippen LogP contribution is -2.47. The van der Waals surface area contributed by atoms with E-state index in [1.165, 1.54) is 0 Å². The standard InChI is InChI=1S/C8H7N3O4/c12-5-3-4-10(8(15)9-5)11-6(13)1-2-7(11)14/h3-4H,1-2H2,(H,9,12,15). The van der Waals surface area contributed by atoms with Crippen molar-refractivity contribution in [1.82, 2.24) is 9.66 Å². The largest absolute Gasteiger partial charge is 0.347 e. The molecule has 0 atom stereocenters. The smallest absolute Gasteiger partial charge is 0.273 e. The molecule has 1 saturated heterocycles. The van der Waals surface area contributed by atoms with Gasteiger partial charge in [-0.05, 0) is 0 Å². The number of carbonyl (C=O) groups excluding carboxylic acids is 2. The number of amides is 2. The van der Waals surface area contributed by atoms with Crippen molar-refractivity contribution in [3.63, 3.8) is 0 Å². The van der Waals surface area contributed by atoms with Crippen molar-refractivity contribution in [1.29, 1.82) is 0 Å². The summed E-state index contributed by atoms with van der Waals surface area (Å²) in [6, 6.07) is 1.07. The molecule has 2 amide bonds. The highest BCUT2D eigenvalue weighted by Gasteiger charge is 2.31. The molecular weight excluding hydrogens is 202 g/mol. The Labute approximate surface area is 82.9 Å². The molecule has 0 radical (unpaired) electrons. The molecule has 0 aliphatic carbocycles. The Morgan fingerprint density at radius 1 is 1.07 bits per heavy atom. The van der Waals surface area contributed by atoms with E-state index >= 15 is 0 Å². The maximum atomic E-state index is 11.3. The Morgan fingerprint density at radius 2 is 1.67 bits per heavy atom. The van der Waals surface area contributed by atoms with Gasteiger partial charge in [0.15, 0.2) is 0 Å². The second-order valence-electron chi connectivity index (χ2n) is 3.05. The van der Waals surface area contributed by atoms with Gasteiger partial charge in [-0.2, -0.15) is 9.69 Å². The van der Waals surface area contributed by atoms with Crippen LogP contribution in [0.2, 0.25) is 0 Å².